The summed E-state index contributed by atoms with van der Waals surface area (Å²) in [5.41, 5.74) is 0. The minimum absolute atomic E-state index is 0.581. The van der Waals surface area contributed by atoms with Gasteiger partial charge >= 0.3 is 5.97 Å². The van der Waals surface area contributed by atoms with E-state index in [1.54, 1.807) is 0 Å². The van der Waals surface area contributed by atoms with Gasteiger partial charge in [-0.1, -0.05) is 19.6 Å². The highest BCUT2D eigenvalue weighted by Crippen LogP contribution is 1.74. The van der Waals surface area contributed by atoms with Crippen LogP contribution in [0.5, 0.6) is 0 Å². The second kappa shape index (κ2) is 11.7. The van der Waals surface area contributed by atoms with Gasteiger partial charge in [-0.05, 0) is 6.42 Å². The van der Waals surface area contributed by atoms with Crippen molar-refractivity contribution >= 4 is 5.97 Å². The van der Waals surface area contributed by atoms with E-state index < -0.39 is 5.97 Å². The number of carbonyl (C=O) groups excluding carboxylic acids is 1. The van der Waals surface area contributed by atoms with Gasteiger partial charge in [0.2, 0.25) is 0 Å². The molecule has 0 aliphatic carbocycles. The zero-order valence-corrected chi connectivity index (χ0v) is 7.00. The third-order valence-corrected chi connectivity index (χ3v) is 0.621. The Labute approximate surface area is 67.2 Å². The molecule has 0 spiro atoms. The Morgan fingerprint density at radius 2 is 2.00 bits per heavy atom. The first-order valence-electron chi connectivity index (χ1n) is 3.20. The third-order valence-electron chi connectivity index (χ3n) is 0.621. The molecule has 0 aliphatic heterocycles. The second-order valence-corrected chi connectivity index (χ2v) is 1.47. The Kier molecular flexibility index (Phi) is 13.3. The van der Waals surface area contributed by atoms with Gasteiger partial charge in [0.25, 0.3) is 0 Å². The lowest BCUT2D eigenvalue weighted by Gasteiger charge is -1.88. The first-order valence-corrected chi connectivity index (χ1v) is 3.20. The van der Waals surface area contributed by atoms with Crippen LogP contribution in [-0.4, -0.2) is 13.1 Å². The second-order valence-electron chi connectivity index (χ2n) is 1.47. The predicted molar refractivity (Wildman–Crippen MR) is 43.8 cm³/mol. The molecule has 0 saturated carbocycles. The third kappa shape index (κ3) is 17.6. The van der Waals surface area contributed by atoms with E-state index in [9.17, 15) is 4.79 Å². The van der Waals surface area contributed by atoms with Gasteiger partial charge in [0.05, 0.1) is 7.11 Å². The van der Waals surface area contributed by atoms with Crippen molar-refractivity contribution in [2.75, 3.05) is 7.11 Å². The van der Waals surface area contributed by atoms with Gasteiger partial charge in [-0.3, -0.25) is 4.89 Å². The molecular formula is C8H14O3. The predicted octanol–water partition coefficient (Wildman–Crippen LogP) is 1.86. The van der Waals surface area contributed by atoms with Gasteiger partial charge < -0.3 is 0 Å². The highest BCUT2D eigenvalue weighted by molar-refractivity contribution is 5.80. The van der Waals surface area contributed by atoms with E-state index in [-0.39, 0.29) is 0 Å². The van der Waals surface area contributed by atoms with E-state index in [2.05, 4.69) is 29.9 Å². The molecule has 0 aromatic heterocycles. The largest absolute Gasteiger partial charge is 0.365 e. The molecule has 0 amide bonds. The number of carbonyl (C=O) groups is 1. The van der Waals surface area contributed by atoms with Gasteiger partial charge in [-0.15, -0.1) is 6.58 Å². The topological polar surface area (TPSA) is 35.5 Å². The lowest BCUT2D eigenvalue weighted by molar-refractivity contribution is -0.249. The summed E-state index contributed by atoms with van der Waals surface area (Å²) in [4.78, 5) is 17.9. The van der Waals surface area contributed by atoms with E-state index in [0.29, 0.717) is 0 Å². The van der Waals surface area contributed by atoms with E-state index in [0.717, 1.165) is 12.5 Å². The summed E-state index contributed by atoms with van der Waals surface area (Å²) in [6.45, 7) is 8.67. The van der Waals surface area contributed by atoms with Crippen LogP contribution < -0.4 is 0 Å². The van der Waals surface area contributed by atoms with Crippen molar-refractivity contribution in [2.45, 2.75) is 13.3 Å². The fraction of sp³-hybridized carbons (Fsp3) is 0.375. The van der Waals surface area contributed by atoms with Crippen LogP contribution in [-0.2, 0) is 14.6 Å². The maximum Gasteiger partial charge on any atom is 0.365 e. The molecule has 0 bridgehead atoms. The fourth-order valence-electron chi connectivity index (χ4n) is 0.116. The van der Waals surface area contributed by atoms with Crippen LogP contribution >= 0.6 is 0 Å². The molecule has 11 heavy (non-hydrogen) atoms. The van der Waals surface area contributed by atoms with Crippen molar-refractivity contribution in [3.05, 3.63) is 25.3 Å². The van der Waals surface area contributed by atoms with Crippen LogP contribution in [0, 0.1) is 0 Å². The Morgan fingerprint density at radius 1 is 1.55 bits per heavy atom. The molecule has 0 N–H and O–H groups in total. The number of rotatable bonds is 3. The van der Waals surface area contributed by atoms with Crippen LogP contribution in [0.15, 0.2) is 25.3 Å². The van der Waals surface area contributed by atoms with E-state index in [1.807, 2.05) is 6.08 Å². The van der Waals surface area contributed by atoms with Crippen LogP contribution in [0.3, 0.4) is 0 Å². The molecule has 0 saturated heterocycles. The maximum atomic E-state index is 9.95. The molecule has 0 fully saturated rings. The zero-order valence-electron chi connectivity index (χ0n) is 7.00. The van der Waals surface area contributed by atoms with Crippen molar-refractivity contribution in [3.8, 4) is 0 Å². The molecule has 0 aliphatic rings. The Morgan fingerprint density at radius 3 is 2.09 bits per heavy atom. The average Bonchev–Trinajstić information content (AvgIpc) is 2.05. The zero-order chi connectivity index (χ0) is 9.11. The highest BCUT2D eigenvalue weighted by atomic mass is 17.2. The van der Waals surface area contributed by atoms with Crippen LogP contribution in [0.1, 0.15) is 13.3 Å². The molecule has 0 rings (SSSR count). The van der Waals surface area contributed by atoms with E-state index in [1.165, 1.54) is 7.11 Å². The first-order chi connectivity index (χ1) is 5.22. The molecule has 64 valence electrons. The van der Waals surface area contributed by atoms with Gasteiger partial charge in [0.1, 0.15) is 0 Å². The summed E-state index contributed by atoms with van der Waals surface area (Å²) in [5, 5.41) is 0. The van der Waals surface area contributed by atoms with Gasteiger partial charge in [-0.2, -0.15) is 4.89 Å². The van der Waals surface area contributed by atoms with Crippen molar-refractivity contribution < 1.29 is 14.6 Å². The Bertz CT molecular complexity index is 119. The molecule has 0 atom stereocenters. The maximum absolute atomic E-state index is 9.95. The van der Waals surface area contributed by atoms with Crippen molar-refractivity contribution in [1.82, 2.24) is 0 Å². The van der Waals surface area contributed by atoms with Crippen molar-refractivity contribution in [2.24, 2.45) is 0 Å². The van der Waals surface area contributed by atoms with Crippen LogP contribution in [0.25, 0.3) is 0 Å². The molecule has 0 radical (unpaired) electrons. The summed E-state index contributed by atoms with van der Waals surface area (Å²) < 4.78 is 0. The molecule has 0 unspecified atom stereocenters. The molecule has 0 heterocycles. The Hall–Kier alpha value is -1.09. The summed E-state index contributed by atoms with van der Waals surface area (Å²) in [5.74, 6) is -0.581. The minimum atomic E-state index is -0.581. The number of hydrogen-bond acceptors (Lipinski definition) is 3. The molecule has 3 nitrogen and oxygen atoms in total. The molecular weight excluding hydrogens is 144 g/mol. The molecule has 0 aromatic rings. The van der Waals surface area contributed by atoms with Gasteiger partial charge in [0, 0.05) is 6.08 Å². The van der Waals surface area contributed by atoms with Gasteiger partial charge in [0.15, 0.2) is 0 Å². The van der Waals surface area contributed by atoms with E-state index in [4.69, 9.17) is 0 Å². The fourth-order valence-corrected chi connectivity index (χ4v) is 0.116. The average molecular weight is 158 g/mol. The lowest BCUT2D eigenvalue weighted by atomic mass is 10.5. The number of allylic oxidation sites excluding steroid dienone is 1. The monoisotopic (exact) mass is 158 g/mol. The number of hydrogen-bond donors (Lipinski definition) is 0. The van der Waals surface area contributed by atoms with Crippen molar-refractivity contribution in [1.29, 1.82) is 0 Å². The standard InChI is InChI=1S/C4H6O3.C4H8/c1-3-4(5)7-6-2;1-3-4-2/h3H,1H2,2H3;3H,1,4H2,2H3. The molecule has 0 aromatic carbocycles. The Balaban J connectivity index is 0. The SMILES string of the molecule is C=CC(=O)OOC.C=CCC. The van der Waals surface area contributed by atoms with E-state index >= 15 is 0 Å². The quantitative estimate of drug-likeness (QED) is 0.272. The molecule has 3 heteroatoms. The normalized spacial score (nSPS) is 7.09. The smallest absolute Gasteiger partial charge is 0.294 e. The van der Waals surface area contributed by atoms with Gasteiger partial charge in [-0.25, -0.2) is 4.79 Å². The highest BCUT2D eigenvalue weighted by Gasteiger charge is 1.88. The summed E-state index contributed by atoms with van der Waals surface area (Å²) in [6, 6.07) is 0. The first kappa shape index (κ1) is 12.6. The van der Waals surface area contributed by atoms with Crippen molar-refractivity contribution in [3.63, 3.8) is 0 Å². The summed E-state index contributed by atoms with van der Waals surface area (Å²) in [7, 11) is 1.25. The summed E-state index contributed by atoms with van der Waals surface area (Å²) in [6.07, 6.45) is 3.98. The van der Waals surface area contributed by atoms with Crippen LogP contribution in [0.4, 0.5) is 0 Å². The van der Waals surface area contributed by atoms with Crippen LogP contribution in [0.2, 0.25) is 0 Å². The lowest BCUT2D eigenvalue weighted by Crippen LogP contribution is -1.96. The summed E-state index contributed by atoms with van der Waals surface area (Å²) >= 11 is 0. The minimum Gasteiger partial charge on any atom is -0.294 e.